The van der Waals surface area contributed by atoms with E-state index in [0.29, 0.717) is 5.82 Å². The van der Waals surface area contributed by atoms with E-state index < -0.39 is 0 Å². The second-order valence-electron chi connectivity index (χ2n) is 4.88. The Balaban J connectivity index is 1.96. The third-order valence-electron chi connectivity index (χ3n) is 3.41. The van der Waals surface area contributed by atoms with Crippen LogP contribution in [-0.4, -0.2) is 23.2 Å². The van der Waals surface area contributed by atoms with E-state index >= 15 is 0 Å². The molecule has 90 valence electrons. The lowest BCUT2D eigenvalue weighted by Gasteiger charge is -2.15. The van der Waals surface area contributed by atoms with E-state index in [1.807, 2.05) is 0 Å². The molecule has 0 amide bonds. The molecule has 0 aromatic carbocycles. The van der Waals surface area contributed by atoms with Crippen LogP contribution in [-0.2, 0) is 5.41 Å². The first-order chi connectivity index (χ1) is 8.19. The number of aromatic nitrogens is 2. The van der Waals surface area contributed by atoms with Crippen LogP contribution >= 0.6 is 11.3 Å². The van der Waals surface area contributed by atoms with Gasteiger partial charge >= 0.3 is 0 Å². The van der Waals surface area contributed by atoms with Crippen LogP contribution in [0.15, 0.2) is 15.3 Å². The molecule has 3 rings (SSSR count). The Morgan fingerprint density at radius 3 is 3.00 bits per heavy atom. The summed E-state index contributed by atoms with van der Waals surface area (Å²) >= 11 is 1.67. The van der Waals surface area contributed by atoms with Crippen LogP contribution in [0, 0.1) is 6.92 Å². The number of nitrogens with zero attached hydrogens (tertiary/aromatic N) is 2. The molecule has 17 heavy (non-hydrogen) atoms. The van der Waals surface area contributed by atoms with E-state index in [0.717, 1.165) is 31.0 Å². The van der Waals surface area contributed by atoms with Crippen LogP contribution in [0.4, 0.5) is 0 Å². The SMILES string of the molecule is Cc1cscc1-c1noc(C2(C)CCNC2)n1. The summed E-state index contributed by atoms with van der Waals surface area (Å²) in [7, 11) is 0. The van der Waals surface area contributed by atoms with Gasteiger partial charge < -0.3 is 9.84 Å². The van der Waals surface area contributed by atoms with Gasteiger partial charge in [-0.1, -0.05) is 5.16 Å². The third-order valence-corrected chi connectivity index (χ3v) is 4.27. The van der Waals surface area contributed by atoms with Gasteiger partial charge in [0.2, 0.25) is 11.7 Å². The number of rotatable bonds is 2. The fourth-order valence-corrected chi connectivity index (χ4v) is 2.99. The topological polar surface area (TPSA) is 51.0 Å². The lowest BCUT2D eigenvalue weighted by atomic mass is 9.90. The summed E-state index contributed by atoms with van der Waals surface area (Å²) in [6, 6.07) is 0. The highest BCUT2D eigenvalue weighted by Gasteiger charge is 2.36. The molecule has 0 saturated carbocycles. The number of thiophene rings is 1. The van der Waals surface area contributed by atoms with Gasteiger partial charge in [0.1, 0.15) is 0 Å². The van der Waals surface area contributed by atoms with E-state index in [9.17, 15) is 0 Å². The van der Waals surface area contributed by atoms with Crippen LogP contribution in [0.25, 0.3) is 11.4 Å². The Morgan fingerprint density at radius 2 is 2.35 bits per heavy atom. The first-order valence-corrected chi connectivity index (χ1v) is 6.71. The highest BCUT2D eigenvalue weighted by Crippen LogP contribution is 2.31. The minimum atomic E-state index is -0.00479. The molecule has 1 fully saturated rings. The fourth-order valence-electron chi connectivity index (χ4n) is 2.17. The predicted molar refractivity (Wildman–Crippen MR) is 67.2 cm³/mol. The molecular formula is C12H15N3OS. The molecule has 1 aliphatic rings. The van der Waals surface area contributed by atoms with Crippen molar-refractivity contribution in [2.24, 2.45) is 0 Å². The van der Waals surface area contributed by atoms with Crippen molar-refractivity contribution in [1.29, 1.82) is 0 Å². The maximum atomic E-state index is 5.43. The monoisotopic (exact) mass is 249 g/mol. The first-order valence-electron chi connectivity index (χ1n) is 5.77. The summed E-state index contributed by atoms with van der Waals surface area (Å²) in [4.78, 5) is 4.56. The minimum Gasteiger partial charge on any atom is -0.338 e. The summed E-state index contributed by atoms with van der Waals surface area (Å²) in [5.41, 5.74) is 2.28. The van der Waals surface area contributed by atoms with Crippen LogP contribution in [0.3, 0.4) is 0 Å². The van der Waals surface area contributed by atoms with E-state index in [4.69, 9.17) is 4.52 Å². The second-order valence-corrected chi connectivity index (χ2v) is 5.62. The molecule has 0 aliphatic carbocycles. The summed E-state index contributed by atoms with van der Waals surface area (Å²) in [6.07, 6.45) is 1.05. The van der Waals surface area contributed by atoms with Gasteiger partial charge in [-0.3, -0.25) is 0 Å². The summed E-state index contributed by atoms with van der Waals surface area (Å²) in [5.74, 6) is 1.47. The van der Waals surface area contributed by atoms with Crippen molar-refractivity contribution in [3.8, 4) is 11.4 Å². The number of hydrogen-bond donors (Lipinski definition) is 1. The molecular weight excluding hydrogens is 234 g/mol. The Labute approximate surface area is 104 Å². The van der Waals surface area contributed by atoms with Crippen molar-refractivity contribution >= 4 is 11.3 Å². The molecule has 0 bridgehead atoms. The summed E-state index contributed by atoms with van der Waals surface area (Å²) < 4.78 is 5.43. The maximum Gasteiger partial charge on any atom is 0.234 e. The Bertz CT molecular complexity index is 525. The van der Waals surface area contributed by atoms with Gasteiger partial charge in [0.15, 0.2) is 0 Å². The molecule has 0 radical (unpaired) electrons. The maximum absolute atomic E-state index is 5.43. The molecule has 1 aliphatic heterocycles. The molecule has 1 unspecified atom stereocenters. The Kier molecular flexibility index (Phi) is 2.52. The van der Waals surface area contributed by atoms with Crippen LogP contribution < -0.4 is 5.32 Å². The van der Waals surface area contributed by atoms with Gasteiger partial charge in [0, 0.05) is 17.5 Å². The second kappa shape index (κ2) is 3.92. The van der Waals surface area contributed by atoms with Crippen molar-refractivity contribution in [2.45, 2.75) is 25.7 Å². The standard InChI is InChI=1S/C12H15N3OS/c1-8-5-17-6-9(8)10-14-11(16-15-10)12(2)3-4-13-7-12/h5-6,13H,3-4,7H2,1-2H3. The van der Waals surface area contributed by atoms with E-state index in [1.165, 1.54) is 5.56 Å². The largest absolute Gasteiger partial charge is 0.338 e. The Morgan fingerprint density at radius 1 is 1.47 bits per heavy atom. The zero-order valence-corrected chi connectivity index (χ0v) is 10.8. The molecule has 2 aromatic rings. The first kappa shape index (κ1) is 10.9. The summed E-state index contributed by atoms with van der Waals surface area (Å²) in [6.45, 7) is 6.18. The van der Waals surface area contributed by atoms with Gasteiger partial charge in [0.05, 0.1) is 5.41 Å². The highest BCUT2D eigenvalue weighted by atomic mass is 32.1. The van der Waals surface area contributed by atoms with E-state index in [-0.39, 0.29) is 5.41 Å². The molecule has 3 heterocycles. The number of nitrogens with one attached hydrogen (secondary N) is 1. The lowest BCUT2D eigenvalue weighted by molar-refractivity contribution is 0.306. The fraction of sp³-hybridized carbons (Fsp3) is 0.500. The number of hydrogen-bond acceptors (Lipinski definition) is 5. The van der Waals surface area contributed by atoms with Crippen LogP contribution in [0.1, 0.15) is 24.8 Å². The average molecular weight is 249 g/mol. The van der Waals surface area contributed by atoms with Crippen molar-refractivity contribution in [2.75, 3.05) is 13.1 Å². The van der Waals surface area contributed by atoms with Crippen LogP contribution in [0.2, 0.25) is 0 Å². The molecule has 1 N–H and O–H groups in total. The molecule has 2 aromatic heterocycles. The zero-order chi connectivity index (χ0) is 11.9. The molecule has 0 spiro atoms. The average Bonchev–Trinajstić information content (AvgIpc) is 2.97. The molecule has 1 saturated heterocycles. The van der Waals surface area contributed by atoms with Crippen molar-refractivity contribution in [1.82, 2.24) is 15.5 Å². The number of aryl methyl sites for hydroxylation is 1. The van der Waals surface area contributed by atoms with Gasteiger partial charge in [0.25, 0.3) is 0 Å². The molecule has 1 atom stereocenters. The van der Waals surface area contributed by atoms with Crippen molar-refractivity contribution < 1.29 is 4.52 Å². The van der Waals surface area contributed by atoms with Crippen LogP contribution in [0.5, 0.6) is 0 Å². The highest BCUT2D eigenvalue weighted by molar-refractivity contribution is 7.08. The quantitative estimate of drug-likeness (QED) is 0.887. The smallest absolute Gasteiger partial charge is 0.234 e. The summed E-state index contributed by atoms with van der Waals surface area (Å²) in [5, 5.41) is 11.6. The Hall–Kier alpha value is -1.20. The normalized spacial score (nSPS) is 24.4. The van der Waals surface area contributed by atoms with E-state index in [2.05, 4.69) is 40.1 Å². The van der Waals surface area contributed by atoms with Gasteiger partial charge in [-0.15, -0.1) is 0 Å². The molecule has 5 heteroatoms. The van der Waals surface area contributed by atoms with Gasteiger partial charge in [-0.25, -0.2) is 0 Å². The van der Waals surface area contributed by atoms with Gasteiger partial charge in [-0.2, -0.15) is 16.3 Å². The van der Waals surface area contributed by atoms with Crippen molar-refractivity contribution in [3.05, 3.63) is 22.2 Å². The van der Waals surface area contributed by atoms with Gasteiger partial charge in [-0.05, 0) is 37.8 Å². The predicted octanol–water partition coefficient (Wildman–Crippen LogP) is 2.36. The minimum absolute atomic E-state index is 0.00479. The van der Waals surface area contributed by atoms with Crippen molar-refractivity contribution in [3.63, 3.8) is 0 Å². The lowest BCUT2D eigenvalue weighted by Crippen LogP contribution is -2.25. The third kappa shape index (κ3) is 1.79. The zero-order valence-electron chi connectivity index (χ0n) is 9.99. The molecule has 4 nitrogen and oxygen atoms in total. The van der Waals surface area contributed by atoms with E-state index in [1.54, 1.807) is 11.3 Å².